The third-order valence-electron chi connectivity index (χ3n) is 2.85. The fraction of sp³-hybridized carbons (Fsp3) is 0.182. The lowest BCUT2D eigenvalue weighted by atomic mass is 10.1. The van der Waals surface area contributed by atoms with E-state index in [4.69, 9.17) is 5.73 Å². The summed E-state index contributed by atoms with van der Waals surface area (Å²) in [6.07, 6.45) is 0. The van der Waals surface area contributed by atoms with E-state index in [9.17, 15) is 0 Å². The van der Waals surface area contributed by atoms with Crippen LogP contribution < -0.4 is 11.1 Å². The molecule has 1 aromatic carbocycles. The van der Waals surface area contributed by atoms with Crippen LogP contribution in [0.1, 0.15) is 5.56 Å². The van der Waals surface area contributed by atoms with Crippen LogP contribution >= 0.6 is 0 Å². The van der Waals surface area contributed by atoms with Crippen LogP contribution in [0.3, 0.4) is 0 Å². The molecule has 2 heterocycles. The van der Waals surface area contributed by atoms with Crippen molar-refractivity contribution >= 4 is 17.6 Å². The molecule has 9 nitrogen and oxygen atoms in total. The normalized spacial score (nSPS) is 10.7. The number of hydrogen-bond acceptors (Lipinski definition) is 7. The molecule has 3 aromatic rings. The van der Waals surface area contributed by atoms with E-state index < -0.39 is 0 Å². The van der Waals surface area contributed by atoms with Gasteiger partial charge in [-0.05, 0) is 41.1 Å². The van der Waals surface area contributed by atoms with E-state index in [-0.39, 0.29) is 5.95 Å². The van der Waals surface area contributed by atoms with Crippen molar-refractivity contribution in [1.29, 1.82) is 0 Å². The van der Waals surface area contributed by atoms with Crippen LogP contribution in [0.2, 0.25) is 0 Å². The second-order valence-electron chi connectivity index (χ2n) is 4.33. The van der Waals surface area contributed by atoms with Crippen molar-refractivity contribution in [3.05, 3.63) is 23.8 Å². The summed E-state index contributed by atoms with van der Waals surface area (Å²) in [7, 11) is 1.80. The number of benzene rings is 1. The number of nitrogen functional groups attached to an aromatic ring is 1. The lowest BCUT2D eigenvalue weighted by Gasteiger charge is -2.07. The fourth-order valence-corrected chi connectivity index (χ4v) is 1.91. The molecular weight excluding hydrogens is 258 g/mol. The van der Waals surface area contributed by atoms with E-state index in [0.717, 1.165) is 22.6 Å². The van der Waals surface area contributed by atoms with Gasteiger partial charge in [0.1, 0.15) is 0 Å². The van der Waals surface area contributed by atoms with Crippen molar-refractivity contribution in [2.24, 2.45) is 7.05 Å². The predicted octanol–water partition coefficient (Wildman–Crippen LogP) is 0.629. The molecular formula is C11H13N9. The molecule has 0 fully saturated rings. The lowest BCUT2D eigenvalue weighted by molar-refractivity contribution is 0.714. The minimum absolute atomic E-state index is 0.269. The van der Waals surface area contributed by atoms with Crippen molar-refractivity contribution < 1.29 is 0 Å². The number of hydrogen-bond donors (Lipinski definition) is 3. The van der Waals surface area contributed by atoms with Crippen LogP contribution in [0.15, 0.2) is 18.2 Å². The number of nitrogens with zero attached hydrogens (tertiary/aromatic N) is 6. The van der Waals surface area contributed by atoms with Gasteiger partial charge in [0.25, 0.3) is 0 Å². The van der Waals surface area contributed by atoms with E-state index in [1.165, 1.54) is 0 Å². The van der Waals surface area contributed by atoms with Crippen molar-refractivity contribution in [3.8, 4) is 11.4 Å². The van der Waals surface area contributed by atoms with Gasteiger partial charge in [0.2, 0.25) is 11.9 Å². The molecule has 0 radical (unpaired) electrons. The highest BCUT2D eigenvalue weighted by Crippen LogP contribution is 2.24. The zero-order valence-corrected chi connectivity index (χ0v) is 11.0. The maximum absolute atomic E-state index is 5.47. The molecule has 2 aromatic heterocycles. The Bertz CT molecular complexity index is 742. The van der Waals surface area contributed by atoms with Gasteiger partial charge in [0.05, 0.1) is 0 Å². The molecule has 0 aliphatic rings. The molecule has 3 rings (SSSR count). The Balaban J connectivity index is 1.90. The first-order valence-corrected chi connectivity index (χ1v) is 5.92. The van der Waals surface area contributed by atoms with Crippen molar-refractivity contribution in [2.45, 2.75) is 6.92 Å². The molecule has 0 unspecified atom stereocenters. The Morgan fingerprint density at radius 3 is 2.80 bits per heavy atom. The Morgan fingerprint density at radius 2 is 2.20 bits per heavy atom. The molecule has 0 atom stereocenters. The first-order chi connectivity index (χ1) is 9.63. The highest BCUT2D eigenvalue weighted by atomic mass is 15.5. The lowest BCUT2D eigenvalue weighted by Crippen LogP contribution is -1.98. The summed E-state index contributed by atoms with van der Waals surface area (Å²) in [6.45, 7) is 1.99. The van der Waals surface area contributed by atoms with Gasteiger partial charge < -0.3 is 11.1 Å². The minimum Gasteiger partial charge on any atom is -0.368 e. The van der Waals surface area contributed by atoms with Crippen LogP contribution in [0.25, 0.3) is 11.4 Å². The van der Waals surface area contributed by atoms with Gasteiger partial charge in [-0.25, -0.2) is 9.78 Å². The second kappa shape index (κ2) is 4.61. The van der Waals surface area contributed by atoms with Gasteiger partial charge in [0, 0.05) is 18.3 Å². The Kier molecular flexibility index (Phi) is 2.78. The number of aromatic amines is 1. The molecule has 0 saturated carbocycles. The van der Waals surface area contributed by atoms with Gasteiger partial charge >= 0.3 is 0 Å². The maximum Gasteiger partial charge on any atom is 0.248 e. The molecule has 0 aliphatic carbocycles. The topological polar surface area (TPSA) is 123 Å². The molecule has 0 spiro atoms. The number of anilines is 3. The van der Waals surface area contributed by atoms with Crippen LogP contribution in [0, 0.1) is 6.92 Å². The number of nitrogens with one attached hydrogen (secondary N) is 2. The molecule has 4 N–H and O–H groups in total. The van der Waals surface area contributed by atoms with Crippen molar-refractivity contribution in [2.75, 3.05) is 11.1 Å². The summed E-state index contributed by atoms with van der Waals surface area (Å²) in [4.78, 5) is 3.99. The SMILES string of the molecule is Cc1cc(Nc2n[nH]c(N)n2)ccc1-c1nnnn1C. The molecule has 0 aliphatic heterocycles. The van der Waals surface area contributed by atoms with Crippen molar-refractivity contribution in [3.63, 3.8) is 0 Å². The van der Waals surface area contributed by atoms with Crippen LogP contribution in [-0.2, 0) is 7.05 Å². The standard InChI is InChI=1S/C11H13N9/c1-6-5-7(13-11-14-10(12)16-17-11)3-4-8(6)9-15-18-19-20(9)2/h3-5H,1-2H3,(H4,12,13,14,16,17). The Labute approximate surface area is 114 Å². The number of H-pyrrole nitrogens is 1. The summed E-state index contributed by atoms with van der Waals surface area (Å²) in [6, 6.07) is 5.82. The van der Waals surface area contributed by atoms with Gasteiger partial charge in [-0.3, -0.25) is 0 Å². The summed E-state index contributed by atoms with van der Waals surface area (Å²) < 4.78 is 1.63. The number of rotatable bonds is 3. The van der Waals surface area contributed by atoms with Gasteiger partial charge in [-0.15, -0.1) is 10.2 Å². The highest BCUT2D eigenvalue weighted by molar-refractivity contribution is 5.66. The predicted molar refractivity (Wildman–Crippen MR) is 73.0 cm³/mol. The molecule has 0 amide bonds. The molecule has 102 valence electrons. The number of nitrogens with two attached hydrogens (primary N) is 1. The smallest absolute Gasteiger partial charge is 0.248 e. The third kappa shape index (κ3) is 2.16. The Hall–Kier alpha value is -2.97. The number of aromatic nitrogens is 7. The molecule has 20 heavy (non-hydrogen) atoms. The van der Waals surface area contributed by atoms with Gasteiger partial charge in [0.15, 0.2) is 5.82 Å². The van der Waals surface area contributed by atoms with Crippen LogP contribution in [-0.4, -0.2) is 35.4 Å². The van der Waals surface area contributed by atoms with E-state index in [1.807, 2.05) is 25.1 Å². The van der Waals surface area contributed by atoms with Gasteiger partial charge in [-0.2, -0.15) is 4.98 Å². The highest BCUT2D eigenvalue weighted by Gasteiger charge is 2.10. The summed E-state index contributed by atoms with van der Waals surface area (Å²) >= 11 is 0. The fourth-order valence-electron chi connectivity index (χ4n) is 1.91. The molecule has 9 heteroatoms. The number of tetrazole rings is 1. The minimum atomic E-state index is 0.269. The van der Waals surface area contributed by atoms with E-state index in [2.05, 4.69) is 36.0 Å². The second-order valence-corrected chi connectivity index (χ2v) is 4.33. The summed E-state index contributed by atoms with van der Waals surface area (Å²) in [5.74, 6) is 1.41. The van der Waals surface area contributed by atoms with Crippen LogP contribution in [0.5, 0.6) is 0 Å². The first kappa shape index (κ1) is 12.1. The quantitative estimate of drug-likeness (QED) is 0.638. The van der Waals surface area contributed by atoms with Crippen molar-refractivity contribution in [1.82, 2.24) is 35.4 Å². The number of aryl methyl sites for hydroxylation is 2. The molecule has 0 bridgehead atoms. The van der Waals surface area contributed by atoms with E-state index in [0.29, 0.717) is 5.95 Å². The largest absolute Gasteiger partial charge is 0.368 e. The summed E-state index contributed by atoms with van der Waals surface area (Å²) in [5.41, 5.74) is 8.34. The molecule has 0 saturated heterocycles. The summed E-state index contributed by atoms with van der Waals surface area (Å²) in [5, 5.41) is 21.0. The average Bonchev–Trinajstić information content (AvgIpc) is 2.99. The average molecular weight is 271 g/mol. The van der Waals surface area contributed by atoms with Crippen LogP contribution in [0.4, 0.5) is 17.6 Å². The maximum atomic E-state index is 5.47. The van der Waals surface area contributed by atoms with E-state index >= 15 is 0 Å². The van der Waals surface area contributed by atoms with Gasteiger partial charge in [-0.1, -0.05) is 0 Å². The first-order valence-electron chi connectivity index (χ1n) is 5.92. The third-order valence-corrected chi connectivity index (χ3v) is 2.85. The zero-order valence-electron chi connectivity index (χ0n) is 11.0. The monoisotopic (exact) mass is 271 g/mol. The Morgan fingerprint density at radius 1 is 1.35 bits per heavy atom. The zero-order chi connectivity index (χ0) is 14.1. The van der Waals surface area contributed by atoms with E-state index in [1.54, 1.807) is 11.7 Å².